The number of thiazole rings is 1. The highest BCUT2D eigenvalue weighted by Gasteiger charge is 2.03. The van der Waals surface area contributed by atoms with E-state index >= 15 is 0 Å². The fourth-order valence-corrected chi connectivity index (χ4v) is 2.88. The van der Waals surface area contributed by atoms with Crippen LogP contribution in [0.25, 0.3) is 21.3 Å². The summed E-state index contributed by atoms with van der Waals surface area (Å²) in [5.74, 6) is 0. The van der Waals surface area contributed by atoms with Gasteiger partial charge in [-0.3, -0.25) is 4.84 Å². The third kappa shape index (κ3) is 2.07. The highest BCUT2D eigenvalue weighted by molar-refractivity contribution is 7.18. The van der Waals surface area contributed by atoms with E-state index in [0.717, 1.165) is 16.2 Å². The van der Waals surface area contributed by atoms with Gasteiger partial charge in [0.25, 0.3) is 0 Å². The molecule has 2 aromatic carbocycles. The van der Waals surface area contributed by atoms with Crippen LogP contribution in [0.15, 0.2) is 42.5 Å². The van der Waals surface area contributed by atoms with Gasteiger partial charge in [0.15, 0.2) is 0 Å². The van der Waals surface area contributed by atoms with Gasteiger partial charge in [-0.2, -0.15) is 0 Å². The van der Waals surface area contributed by atoms with Crippen molar-refractivity contribution < 1.29 is 0 Å². The molecule has 0 aliphatic heterocycles. The number of halogens is 1. The van der Waals surface area contributed by atoms with E-state index in [1.165, 1.54) is 15.8 Å². The van der Waals surface area contributed by atoms with Crippen LogP contribution in [0.1, 0.15) is 5.01 Å². The lowest BCUT2D eigenvalue weighted by Crippen LogP contribution is -1.81. The molecular weight excluding hydrogens is 264 g/mol. The molecule has 3 rings (SSSR count). The Hall–Kier alpha value is -1.58. The van der Waals surface area contributed by atoms with Crippen LogP contribution in [-0.2, 0) is 0 Å². The van der Waals surface area contributed by atoms with E-state index in [9.17, 15) is 0 Å². The van der Waals surface area contributed by atoms with Crippen molar-refractivity contribution in [1.82, 2.24) is 4.98 Å². The summed E-state index contributed by atoms with van der Waals surface area (Å²) in [5.41, 5.74) is 4.30. The second-order valence-electron chi connectivity index (χ2n) is 4.09. The molecular formula is C14H11ClN2S. The number of hydrogen-bond donors (Lipinski definition) is 1. The molecule has 18 heavy (non-hydrogen) atoms. The van der Waals surface area contributed by atoms with Crippen molar-refractivity contribution in [2.24, 2.45) is 0 Å². The lowest BCUT2D eigenvalue weighted by Gasteiger charge is -2.03. The molecule has 1 N–H and O–H groups in total. The zero-order valence-corrected chi connectivity index (χ0v) is 11.3. The molecule has 2 nitrogen and oxygen atoms in total. The lowest BCUT2D eigenvalue weighted by atomic mass is 10.1. The Morgan fingerprint density at radius 3 is 2.50 bits per heavy atom. The number of anilines is 1. The van der Waals surface area contributed by atoms with E-state index < -0.39 is 0 Å². The molecule has 3 aromatic rings. The topological polar surface area (TPSA) is 24.9 Å². The first-order valence-electron chi connectivity index (χ1n) is 5.60. The number of nitrogens with zero attached hydrogens (tertiary/aromatic N) is 1. The van der Waals surface area contributed by atoms with Gasteiger partial charge >= 0.3 is 0 Å². The average Bonchev–Trinajstić information content (AvgIpc) is 2.78. The molecule has 4 heteroatoms. The fourth-order valence-electron chi connectivity index (χ4n) is 1.95. The van der Waals surface area contributed by atoms with Gasteiger partial charge in [-0.15, -0.1) is 11.3 Å². The maximum atomic E-state index is 5.55. The van der Waals surface area contributed by atoms with Crippen molar-refractivity contribution in [1.29, 1.82) is 0 Å². The van der Waals surface area contributed by atoms with Gasteiger partial charge in [0, 0.05) is 17.5 Å². The first-order valence-corrected chi connectivity index (χ1v) is 6.80. The quantitative estimate of drug-likeness (QED) is 0.677. The SMILES string of the molecule is Cc1nc2cc(-c3ccc(NCl)cc3)ccc2s1. The molecule has 1 heterocycles. The molecule has 0 fully saturated rings. The second kappa shape index (κ2) is 4.59. The monoisotopic (exact) mass is 274 g/mol. The summed E-state index contributed by atoms with van der Waals surface area (Å²) in [6.45, 7) is 2.03. The minimum atomic E-state index is 0.894. The minimum absolute atomic E-state index is 0.894. The van der Waals surface area contributed by atoms with Gasteiger partial charge in [0.2, 0.25) is 0 Å². The van der Waals surface area contributed by atoms with Gasteiger partial charge in [0.05, 0.1) is 15.2 Å². The minimum Gasteiger partial charge on any atom is -0.299 e. The maximum absolute atomic E-state index is 5.55. The Balaban J connectivity index is 2.06. The van der Waals surface area contributed by atoms with E-state index in [1.807, 2.05) is 31.2 Å². The summed E-state index contributed by atoms with van der Waals surface area (Å²) in [6, 6.07) is 14.4. The number of fused-ring (bicyclic) bond motifs is 1. The van der Waals surface area contributed by atoms with E-state index in [4.69, 9.17) is 11.8 Å². The maximum Gasteiger partial charge on any atom is 0.0907 e. The van der Waals surface area contributed by atoms with Crippen molar-refractivity contribution >= 4 is 39.0 Å². The Morgan fingerprint density at radius 1 is 1.06 bits per heavy atom. The van der Waals surface area contributed by atoms with Crippen molar-refractivity contribution in [3.05, 3.63) is 47.5 Å². The lowest BCUT2D eigenvalue weighted by molar-refractivity contribution is 1.35. The first-order chi connectivity index (χ1) is 8.76. The Kier molecular flexibility index (Phi) is 2.94. The fraction of sp³-hybridized carbons (Fsp3) is 0.0714. The number of aryl methyl sites for hydroxylation is 1. The summed E-state index contributed by atoms with van der Waals surface area (Å²) in [5, 5.41) is 1.10. The predicted molar refractivity (Wildman–Crippen MR) is 79.3 cm³/mol. The summed E-state index contributed by atoms with van der Waals surface area (Å²) in [6.07, 6.45) is 0. The third-order valence-corrected chi connectivity index (χ3v) is 3.99. The number of hydrogen-bond acceptors (Lipinski definition) is 3. The molecule has 0 unspecified atom stereocenters. The largest absolute Gasteiger partial charge is 0.299 e. The van der Waals surface area contributed by atoms with Gasteiger partial charge in [-0.1, -0.05) is 18.2 Å². The zero-order valence-electron chi connectivity index (χ0n) is 9.77. The second-order valence-corrected chi connectivity index (χ2v) is 5.51. The summed E-state index contributed by atoms with van der Waals surface area (Å²) >= 11 is 7.27. The number of aromatic nitrogens is 1. The van der Waals surface area contributed by atoms with E-state index in [2.05, 4.69) is 28.0 Å². The number of benzene rings is 2. The molecule has 0 radical (unpaired) electrons. The summed E-state index contributed by atoms with van der Waals surface area (Å²) in [7, 11) is 0. The zero-order chi connectivity index (χ0) is 12.5. The van der Waals surface area contributed by atoms with Crippen LogP contribution in [-0.4, -0.2) is 4.98 Å². The van der Waals surface area contributed by atoms with Crippen LogP contribution in [0.3, 0.4) is 0 Å². The van der Waals surface area contributed by atoms with E-state index in [1.54, 1.807) is 11.3 Å². The van der Waals surface area contributed by atoms with Crippen LogP contribution in [0.2, 0.25) is 0 Å². The van der Waals surface area contributed by atoms with Crippen LogP contribution in [0.4, 0.5) is 5.69 Å². The van der Waals surface area contributed by atoms with Crippen molar-refractivity contribution in [2.75, 3.05) is 4.84 Å². The van der Waals surface area contributed by atoms with Crippen molar-refractivity contribution in [2.45, 2.75) is 6.92 Å². The standard InChI is InChI=1S/C14H11ClN2S/c1-9-16-13-8-11(4-7-14(13)18-9)10-2-5-12(17-15)6-3-10/h2-8,17H,1H3. The predicted octanol–water partition coefficient (Wildman–Crippen LogP) is 4.84. The molecule has 1 aromatic heterocycles. The Morgan fingerprint density at radius 2 is 1.78 bits per heavy atom. The molecule has 0 amide bonds. The highest BCUT2D eigenvalue weighted by Crippen LogP contribution is 2.28. The van der Waals surface area contributed by atoms with Crippen LogP contribution >= 0.6 is 23.1 Å². The molecule has 0 bridgehead atoms. The smallest absolute Gasteiger partial charge is 0.0907 e. The van der Waals surface area contributed by atoms with Crippen molar-refractivity contribution in [3.63, 3.8) is 0 Å². The Bertz CT molecular complexity index is 689. The Labute approximate surface area is 114 Å². The summed E-state index contributed by atoms with van der Waals surface area (Å²) in [4.78, 5) is 7.12. The molecule has 0 aliphatic rings. The average molecular weight is 275 g/mol. The summed E-state index contributed by atoms with van der Waals surface area (Å²) < 4.78 is 1.23. The first kappa shape index (κ1) is 11.5. The van der Waals surface area contributed by atoms with E-state index in [0.29, 0.717) is 0 Å². The van der Waals surface area contributed by atoms with Gasteiger partial charge in [0.1, 0.15) is 0 Å². The van der Waals surface area contributed by atoms with Crippen LogP contribution in [0, 0.1) is 6.92 Å². The van der Waals surface area contributed by atoms with Crippen LogP contribution in [0.5, 0.6) is 0 Å². The van der Waals surface area contributed by atoms with E-state index in [-0.39, 0.29) is 0 Å². The molecule has 0 saturated heterocycles. The van der Waals surface area contributed by atoms with Gasteiger partial charge in [-0.05, 0) is 42.3 Å². The highest BCUT2D eigenvalue weighted by atomic mass is 35.5. The molecule has 0 spiro atoms. The number of rotatable bonds is 2. The number of nitrogens with one attached hydrogen (secondary N) is 1. The van der Waals surface area contributed by atoms with Gasteiger partial charge < -0.3 is 0 Å². The normalized spacial score (nSPS) is 10.8. The molecule has 0 aliphatic carbocycles. The van der Waals surface area contributed by atoms with Crippen molar-refractivity contribution in [3.8, 4) is 11.1 Å². The van der Waals surface area contributed by atoms with Gasteiger partial charge in [-0.25, -0.2) is 4.98 Å². The molecule has 0 saturated carbocycles. The van der Waals surface area contributed by atoms with Crippen LogP contribution < -0.4 is 4.84 Å². The molecule has 90 valence electrons. The third-order valence-electron chi connectivity index (χ3n) is 2.82. The molecule has 0 atom stereocenters.